The predicted octanol–water partition coefficient (Wildman–Crippen LogP) is 4.23. The van der Waals surface area contributed by atoms with Gasteiger partial charge in [-0.05, 0) is 23.8 Å². The van der Waals surface area contributed by atoms with Crippen molar-refractivity contribution >= 4 is 23.5 Å². The summed E-state index contributed by atoms with van der Waals surface area (Å²) in [4.78, 5) is 3.57. The van der Waals surface area contributed by atoms with Gasteiger partial charge in [0.25, 0.3) is 0 Å². The van der Waals surface area contributed by atoms with Crippen LogP contribution in [-0.4, -0.2) is 7.05 Å². The minimum absolute atomic E-state index is 1.25. The van der Waals surface area contributed by atoms with Crippen LogP contribution in [0.5, 0.6) is 0 Å². The second-order valence-corrected chi connectivity index (χ2v) is 5.08. The van der Waals surface area contributed by atoms with Crippen LogP contribution in [-0.2, 0) is 0 Å². The fourth-order valence-electron chi connectivity index (χ4n) is 1.94. The predicted molar refractivity (Wildman–Crippen MR) is 75.1 cm³/mol. The normalized spacial score (nSPS) is 16.3. The highest BCUT2D eigenvalue weighted by Crippen LogP contribution is 2.45. The second-order valence-electron chi connectivity index (χ2n) is 4.02. The van der Waals surface area contributed by atoms with Crippen LogP contribution < -0.4 is 4.90 Å². The van der Waals surface area contributed by atoms with Gasteiger partial charge >= 0.3 is 0 Å². The minimum Gasteiger partial charge on any atom is -0.338 e. The zero-order valence-corrected chi connectivity index (χ0v) is 10.4. The van der Waals surface area contributed by atoms with Crippen molar-refractivity contribution in [2.75, 3.05) is 11.9 Å². The molecule has 0 aromatic heterocycles. The first-order valence-corrected chi connectivity index (χ1v) is 6.43. The molecular formula is C15H13NS. The highest BCUT2D eigenvalue weighted by Gasteiger charge is 2.20. The lowest BCUT2D eigenvalue weighted by Crippen LogP contribution is -2.08. The van der Waals surface area contributed by atoms with Crippen molar-refractivity contribution in [1.29, 1.82) is 0 Å². The highest BCUT2D eigenvalue weighted by atomic mass is 32.2. The summed E-state index contributed by atoms with van der Waals surface area (Å²) in [6, 6.07) is 18.9. The summed E-state index contributed by atoms with van der Waals surface area (Å²) in [5.41, 5.74) is 2.54. The Hall–Kier alpha value is -1.67. The molecule has 17 heavy (non-hydrogen) atoms. The SMILES string of the molecule is CN1C(=Cc2ccccc2)Sc2ccccc21. The summed E-state index contributed by atoms with van der Waals surface area (Å²) < 4.78 is 0. The number of rotatable bonds is 1. The largest absolute Gasteiger partial charge is 0.338 e. The van der Waals surface area contributed by atoms with Crippen LogP contribution in [0.25, 0.3) is 6.08 Å². The summed E-state index contributed by atoms with van der Waals surface area (Å²) in [6.07, 6.45) is 2.23. The molecule has 0 saturated carbocycles. The second kappa shape index (κ2) is 4.30. The van der Waals surface area contributed by atoms with Crippen molar-refractivity contribution in [1.82, 2.24) is 0 Å². The van der Waals surface area contributed by atoms with Crippen LogP contribution in [0.15, 0.2) is 64.5 Å². The Kier molecular flexibility index (Phi) is 2.65. The van der Waals surface area contributed by atoms with Crippen molar-refractivity contribution in [3.8, 4) is 0 Å². The van der Waals surface area contributed by atoms with Crippen molar-refractivity contribution in [3.05, 3.63) is 65.2 Å². The van der Waals surface area contributed by atoms with E-state index in [1.807, 2.05) is 17.8 Å². The topological polar surface area (TPSA) is 3.24 Å². The molecule has 1 heterocycles. The lowest BCUT2D eigenvalue weighted by molar-refractivity contribution is 1.18. The fraction of sp³-hybridized carbons (Fsp3) is 0.0667. The van der Waals surface area contributed by atoms with E-state index < -0.39 is 0 Å². The maximum Gasteiger partial charge on any atom is 0.0804 e. The van der Waals surface area contributed by atoms with Crippen molar-refractivity contribution in [2.24, 2.45) is 0 Å². The lowest BCUT2D eigenvalue weighted by Gasteiger charge is -2.13. The molecule has 0 aliphatic carbocycles. The third kappa shape index (κ3) is 1.96. The Morgan fingerprint density at radius 1 is 0.941 bits per heavy atom. The van der Waals surface area contributed by atoms with E-state index in [4.69, 9.17) is 0 Å². The molecule has 3 rings (SSSR count). The molecule has 2 aromatic carbocycles. The maximum atomic E-state index is 2.24. The molecule has 2 aromatic rings. The van der Waals surface area contributed by atoms with Gasteiger partial charge in [0.05, 0.1) is 10.7 Å². The van der Waals surface area contributed by atoms with E-state index in [9.17, 15) is 0 Å². The van der Waals surface area contributed by atoms with Gasteiger partial charge in [0.15, 0.2) is 0 Å². The van der Waals surface area contributed by atoms with E-state index >= 15 is 0 Å². The number of hydrogen-bond acceptors (Lipinski definition) is 2. The number of hydrogen-bond donors (Lipinski definition) is 0. The molecular weight excluding hydrogens is 226 g/mol. The molecule has 0 atom stereocenters. The van der Waals surface area contributed by atoms with Crippen LogP contribution >= 0.6 is 11.8 Å². The van der Waals surface area contributed by atoms with Gasteiger partial charge in [-0.15, -0.1) is 0 Å². The van der Waals surface area contributed by atoms with Gasteiger partial charge in [-0.1, -0.05) is 54.2 Å². The molecule has 0 spiro atoms. The third-order valence-corrected chi connectivity index (χ3v) is 4.03. The summed E-state index contributed by atoms with van der Waals surface area (Å²) in [6.45, 7) is 0. The Balaban J connectivity index is 1.97. The van der Waals surface area contributed by atoms with E-state index in [0.717, 1.165) is 0 Å². The van der Waals surface area contributed by atoms with E-state index in [1.165, 1.54) is 21.2 Å². The molecule has 0 saturated heterocycles. The molecule has 0 fully saturated rings. The Morgan fingerprint density at radius 2 is 1.65 bits per heavy atom. The molecule has 0 amide bonds. The highest BCUT2D eigenvalue weighted by molar-refractivity contribution is 8.03. The van der Waals surface area contributed by atoms with E-state index in [2.05, 4.69) is 66.6 Å². The Bertz CT molecular complexity index is 560. The first kappa shape index (κ1) is 10.5. The zero-order chi connectivity index (χ0) is 11.7. The van der Waals surface area contributed by atoms with E-state index in [1.54, 1.807) is 0 Å². The van der Waals surface area contributed by atoms with Gasteiger partial charge in [0, 0.05) is 11.9 Å². The van der Waals surface area contributed by atoms with Crippen LogP contribution in [0.3, 0.4) is 0 Å². The summed E-state index contributed by atoms with van der Waals surface area (Å²) in [5, 5.41) is 1.28. The van der Waals surface area contributed by atoms with Crippen LogP contribution in [0.2, 0.25) is 0 Å². The van der Waals surface area contributed by atoms with Gasteiger partial charge in [-0.25, -0.2) is 0 Å². The zero-order valence-electron chi connectivity index (χ0n) is 9.63. The molecule has 0 bridgehead atoms. The molecule has 0 N–H and O–H groups in total. The van der Waals surface area contributed by atoms with E-state index in [-0.39, 0.29) is 0 Å². The number of benzene rings is 2. The van der Waals surface area contributed by atoms with Crippen LogP contribution in [0.1, 0.15) is 5.56 Å². The molecule has 84 valence electrons. The summed E-state index contributed by atoms with van der Waals surface area (Å²) >= 11 is 1.83. The standard InChI is InChI=1S/C15H13NS/c1-16-13-9-5-6-10-14(13)17-15(16)11-12-7-3-2-4-8-12/h2-11H,1H3. The number of para-hydroxylation sites is 1. The fourth-order valence-corrected chi connectivity index (χ4v) is 3.05. The molecule has 2 heteroatoms. The van der Waals surface area contributed by atoms with Gasteiger partial charge in [0.2, 0.25) is 0 Å². The molecule has 1 aliphatic heterocycles. The van der Waals surface area contributed by atoms with E-state index in [0.29, 0.717) is 0 Å². The number of anilines is 1. The smallest absolute Gasteiger partial charge is 0.0804 e. The van der Waals surface area contributed by atoms with Crippen molar-refractivity contribution < 1.29 is 0 Å². The van der Waals surface area contributed by atoms with Gasteiger partial charge in [-0.2, -0.15) is 0 Å². The first-order chi connectivity index (χ1) is 8.34. The number of fused-ring (bicyclic) bond motifs is 1. The summed E-state index contributed by atoms with van der Waals surface area (Å²) in [7, 11) is 2.12. The van der Waals surface area contributed by atoms with Crippen LogP contribution in [0.4, 0.5) is 5.69 Å². The monoisotopic (exact) mass is 239 g/mol. The van der Waals surface area contributed by atoms with Gasteiger partial charge in [-0.3, -0.25) is 0 Å². The van der Waals surface area contributed by atoms with Crippen molar-refractivity contribution in [2.45, 2.75) is 4.90 Å². The Labute approximate surface area is 106 Å². The van der Waals surface area contributed by atoms with Crippen molar-refractivity contribution in [3.63, 3.8) is 0 Å². The quantitative estimate of drug-likeness (QED) is 0.732. The first-order valence-electron chi connectivity index (χ1n) is 5.62. The number of nitrogens with zero attached hydrogens (tertiary/aromatic N) is 1. The molecule has 1 nitrogen and oxygen atoms in total. The third-order valence-electron chi connectivity index (χ3n) is 2.86. The Morgan fingerprint density at radius 3 is 2.41 bits per heavy atom. The maximum absolute atomic E-state index is 2.24. The van der Waals surface area contributed by atoms with Gasteiger partial charge < -0.3 is 4.90 Å². The van der Waals surface area contributed by atoms with Crippen LogP contribution in [0, 0.1) is 0 Å². The number of thioether (sulfide) groups is 1. The molecule has 0 radical (unpaired) electrons. The molecule has 1 aliphatic rings. The average Bonchev–Trinajstić information content (AvgIpc) is 2.68. The van der Waals surface area contributed by atoms with Gasteiger partial charge in [0.1, 0.15) is 0 Å². The molecule has 0 unspecified atom stereocenters. The summed E-state index contributed by atoms with van der Waals surface area (Å²) in [5.74, 6) is 0. The minimum atomic E-state index is 1.25. The lowest BCUT2D eigenvalue weighted by atomic mass is 10.2. The average molecular weight is 239 g/mol.